The van der Waals surface area contributed by atoms with Gasteiger partial charge in [0.25, 0.3) is 0 Å². The summed E-state index contributed by atoms with van der Waals surface area (Å²) in [6.45, 7) is 7.99. The second kappa shape index (κ2) is 12.2. The minimum Gasteiger partial charge on any atom is -0.463 e. The van der Waals surface area contributed by atoms with Gasteiger partial charge < -0.3 is 9.47 Å². The van der Waals surface area contributed by atoms with Crippen LogP contribution in [0.3, 0.4) is 0 Å². The summed E-state index contributed by atoms with van der Waals surface area (Å²) >= 11 is 0. The third-order valence-corrected chi connectivity index (χ3v) is 3.00. The lowest BCUT2D eigenvalue weighted by Crippen LogP contribution is -2.05. The van der Waals surface area contributed by atoms with E-state index in [4.69, 9.17) is 9.47 Å². The van der Waals surface area contributed by atoms with Gasteiger partial charge in [0.05, 0.1) is 13.2 Å². The third-order valence-electron chi connectivity index (χ3n) is 3.00. The second-order valence-corrected chi connectivity index (χ2v) is 4.85. The topological polar surface area (TPSA) is 52.6 Å². The first-order chi connectivity index (χ1) is 10.0. The molecule has 0 saturated heterocycles. The van der Waals surface area contributed by atoms with Crippen LogP contribution in [-0.4, -0.2) is 25.2 Å². The highest BCUT2D eigenvalue weighted by Gasteiger charge is 2.04. The highest BCUT2D eigenvalue weighted by atomic mass is 16.5. The Morgan fingerprint density at radius 2 is 1.14 bits per heavy atom. The minimum absolute atomic E-state index is 0.231. The molecule has 0 unspecified atom stereocenters. The van der Waals surface area contributed by atoms with E-state index in [0.29, 0.717) is 24.4 Å². The number of esters is 2. The molecule has 0 amide bonds. The van der Waals surface area contributed by atoms with Gasteiger partial charge in [-0.2, -0.15) is 0 Å². The predicted octanol–water partition coefficient (Wildman–Crippen LogP) is 3.96. The fourth-order valence-electron chi connectivity index (χ4n) is 1.76. The van der Waals surface area contributed by atoms with Crippen LogP contribution < -0.4 is 0 Å². The summed E-state index contributed by atoms with van der Waals surface area (Å²) in [5, 5.41) is 0. The maximum absolute atomic E-state index is 11.4. The van der Waals surface area contributed by atoms with Gasteiger partial charge in [-0.15, -0.1) is 0 Å². The molecule has 0 radical (unpaired) electrons. The molecule has 0 heterocycles. The molecule has 4 nitrogen and oxygen atoms in total. The molecule has 0 aromatic carbocycles. The molecule has 0 spiro atoms. The smallest absolute Gasteiger partial charge is 0.333 e. The zero-order valence-corrected chi connectivity index (χ0v) is 13.7. The number of carbonyl (C=O) groups is 2. The highest BCUT2D eigenvalue weighted by molar-refractivity contribution is 5.88. The van der Waals surface area contributed by atoms with Crippen molar-refractivity contribution in [2.24, 2.45) is 0 Å². The number of hydrogen-bond acceptors (Lipinski definition) is 4. The summed E-state index contributed by atoms with van der Waals surface area (Å²) < 4.78 is 9.82. The average molecular weight is 296 g/mol. The van der Waals surface area contributed by atoms with Gasteiger partial charge in [-0.1, -0.05) is 18.6 Å². The molecule has 0 aliphatic carbocycles. The first-order valence-electron chi connectivity index (χ1n) is 7.70. The van der Waals surface area contributed by atoms with E-state index in [1.165, 1.54) is 0 Å². The molecular formula is C17H28O4. The Hall–Kier alpha value is -1.58. The van der Waals surface area contributed by atoms with E-state index in [1.54, 1.807) is 27.7 Å². The van der Waals surface area contributed by atoms with Crippen molar-refractivity contribution >= 4 is 11.9 Å². The SMILES string of the molecule is CCOC(=O)C(C)=CCCCCCC=C(C)C(=O)OCC. The van der Waals surface area contributed by atoms with Crippen LogP contribution in [0.2, 0.25) is 0 Å². The lowest BCUT2D eigenvalue weighted by atomic mass is 10.1. The average Bonchev–Trinajstić information content (AvgIpc) is 2.46. The van der Waals surface area contributed by atoms with E-state index >= 15 is 0 Å². The summed E-state index contributed by atoms with van der Waals surface area (Å²) in [7, 11) is 0. The second-order valence-electron chi connectivity index (χ2n) is 4.85. The summed E-state index contributed by atoms with van der Waals surface area (Å²) in [5.74, 6) is -0.462. The van der Waals surface area contributed by atoms with Crippen molar-refractivity contribution in [1.29, 1.82) is 0 Å². The van der Waals surface area contributed by atoms with E-state index in [9.17, 15) is 9.59 Å². The fourth-order valence-corrected chi connectivity index (χ4v) is 1.76. The number of allylic oxidation sites excluding steroid dienone is 2. The molecule has 120 valence electrons. The van der Waals surface area contributed by atoms with Gasteiger partial charge in [-0.05, 0) is 53.4 Å². The Labute approximate surface area is 128 Å². The molecule has 0 aromatic heterocycles. The standard InChI is InChI=1S/C17H28O4/c1-5-20-16(18)14(3)12-10-8-7-9-11-13-15(4)17(19)21-6-2/h12-13H,5-11H2,1-4H3. The molecule has 0 atom stereocenters. The van der Waals surface area contributed by atoms with Crippen molar-refractivity contribution in [2.45, 2.75) is 59.8 Å². The molecule has 0 rings (SSSR count). The van der Waals surface area contributed by atoms with Gasteiger partial charge >= 0.3 is 11.9 Å². The first kappa shape index (κ1) is 19.4. The minimum atomic E-state index is -0.231. The Kier molecular flexibility index (Phi) is 11.3. The maximum atomic E-state index is 11.4. The summed E-state index contributed by atoms with van der Waals surface area (Å²) in [5.41, 5.74) is 1.35. The fraction of sp³-hybridized carbons (Fsp3) is 0.647. The molecule has 21 heavy (non-hydrogen) atoms. The summed E-state index contributed by atoms with van der Waals surface area (Å²) in [6.07, 6.45) is 8.75. The molecule has 4 heteroatoms. The Morgan fingerprint density at radius 1 is 0.762 bits per heavy atom. The van der Waals surface area contributed by atoms with Crippen LogP contribution in [0.5, 0.6) is 0 Å². The molecule has 0 fully saturated rings. The molecule has 0 bridgehead atoms. The van der Waals surface area contributed by atoms with E-state index in [-0.39, 0.29) is 11.9 Å². The molecule has 0 aliphatic rings. The van der Waals surface area contributed by atoms with Gasteiger partial charge in [-0.25, -0.2) is 9.59 Å². The van der Waals surface area contributed by atoms with E-state index in [2.05, 4.69) is 0 Å². The van der Waals surface area contributed by atoms with Crippen LogP contribution in [0.15, 0.2) is 23.3 Å². The van der Waals surface area contributed by atoms with Gasteiger partial charge in [0.2, 0.25) is 0 Å². The molecule has 0 N–H and O–H groups in total. The van der Waals surface area contributed by atoms with Crippen LogP contribution >= 0.6 is 0 Å². The molecule has 0 aliphatic heterocycles. The van der Waals surface area contributed by atoms with Crippen molar-refractivity contribution in [3.8, 4) is 0 Å². The van der Waals surface area contributed by atoms with Crippen molar-refractivity contribution in [3.05, 3.63) is 23.3 Å². The number of carbonyl (C=O) groups excluding carboxylic acids is 2. The summed E-state index contributed by atoms with van der Waals surface area (Å²) in [4.78, 5) is 22.7. The van der Waals surface area contributed by atoms with Gasteiger partial charge in [0.15, 0.2) is 0 Å². The van der Waals surface area contributed by atoms with E-state index in [1.807, 2.05) is 12.2 Å². The normalized spacial score (nSPS) is 12.2. The number of rotatable bonds is 10. The van der Waals surface area contributed by atoms with Gasteiger partial charge in [0.1, 0.15) is 0 Å². The van der Waals surface area contributed by atoms with Gasteiger partial charge in [-0.3, -0.25) is 0 Å². The number of unbranched alkanes of at least 4 members (excludes halogenated alkanes) is 4. The monoisotopic (exact) mass is 296 g/mol. The van der Waals surface area contributed by atoms with E-state index < -0.39 is 0 Å². The highest BCUT2D eigenvalue weighted by Crippen LogP contribution is 2.09. The summed E-state index contributed by atoms with van der Waals surface area (Å²) in [6, 6.07) is 0. The Balaban J connectivity index is 3.78. The van der Waals surface area contributed by atoms with Crippen LogP contribution in [-0.2, 0) is 19.1 Å². The quantitative estimate of drug-likeness (QED) is 0.348. The number of ether oxygens (including phenoxy) is 2. The molecule has 0 saturated carbocycles. The van der Waals surface area contributed by atoms with Crippen molar-refractivity contribution in [2.75, 3.05) is 13.2 Å². The lowest BCUT2D eigenvalue weighted by molar-refractivity contribution is -0.139. The van der Waals surface area contributed by atoms with Crippen LogP contribution in [0, 0.1) is 0 Å². The predicted molar refractivity (Wildman–Crippen MR) is 83.9 cm³/mol. The van der Waals surface area contributed by atoms with Crippen LogP contribution in [0.25, 0.3) is 0 Å². The molecule has 0 aromatic rings. The maximum Gasteiger partial charge on any atom is 0.333 e. The lowest BCUT2D eigenvalue weighted by Gasteiger charge is -2.02. The third kappa shape index (κ3) is 9.88. The zero-order chi connectivity index (χ0) is 16.1. The first-order valence-corrected chi connectivity index (χ1v) is 7.70. The van der Waals surface area contributed by atoms with E-state index in [0.717, 1.165) is 32.1 Å². The van der Waals surface area contributed by atoms with Crippen molar-refractivity contribution < 1.29 is 19.1 Å². The molecular weight excluding hydrogens is 268 g/mol. The van der Waals surface area contributed by atoms with Crippen molar-refractivity contribution in [3.63, 3.8) is 0 Å². The Morgan fingerprint density at radius 3 is 1.48 bits per heavy atom. The van der Waals surface area contributed by atoms with Crippen LogP contribution in [0.4, 0.5) is 0 Å². The van der Waals surface area contributed by atoms with Crippen LogP contribution in [0.1, 0.15) is 59.8 Å². The Bertz CT molecular complexity index is 344. The largest absolute Gasteiger partial charge is 0.463 e. The zero-order valence-electron chi connectivity index (χ0n) is 13.7. The number of hydrogen-bond donors (Lipinski definition) is 0. The van der Waals surface area contributed by atoms with Crippen molar-refractivity contribution in [1.82, 2.24) is 0 Å². The van der Waals surface area contributed by atoms with Gasteiger partial charge in [0, 0.05) is 11.1 Å².